The molecule has 0 atom stereocenters. The van der Waals surface area contributed by atoms with Crippen LogP contribution in [0.1, 0.15) is 28.7 Å². The van der Waals surface area contributed by atoms with E-state index in [0.29, 0.717) is 16.9 Å². The number of aromatic nitrogens is 2. The van der Waals surface area contributed by atoms with Crippen LogP contribution in [-0.2, 0) is 13.5 Å². The van der Waals surface area contributed by atoms with Crippen LogP contribution in [-0.4, -0.2) is 20.7 Å². The highest BCUT2D eigenvalue weighted by Gasteiger charge is 2.15. The van der Waals surface area contributed by atoms with Gasteiger partial charge in [-0.15, -0.1) is 0 Å². The fourth-order valence-electron chi connectivity index (χ4n) is 1.93. The summed E-state index contributed by atoms with van der Waals surface area (Å²) in [7, 11) is 1.74. The molecule has 110 valence electrons. The van der Waals surface area contributed by atoms with Gasteiger partial charge in [0.15, 0.2) is 0 Å². The first-order chi connectivity index (χ1) is 9.92. The van der Waals surface area contributed by atoms with Crippen molar-refractivity contribution in [2.24, 2.45) is 12.8 Å². The van der Waals surface area contributed by atoms with Crippen LogP contribution < -0.4 is 11.1 Å². The predicted octanol–water partition coefficient (Wildman–Crippen LogP) is 2.63. The maximum atomic E-state index is 12.4. The van der Waals surface area contributed by atoms with Crippen molar-refractivity contribution in [3.05, 3.63) is 45.7 Å². The number of nitrogens with zero attached hydrogens (tertiary/aromatic N) is 2. The summed E-state index contributed by atoms with van der Waals surface area (Å²) in [4.78, 5) is 12.6. The van der Waals surface area contributed by atoms with E-state index < -0.39 is 0 Å². The number of nitrogens with two attached hydrogens (primary N) is 1. The lowest BCUT2D eigenvalue weighted by molar-refractivity contribution is 0.101. The second-order valence-electron chi connectivity index (χ2n) is 4.51. The largest absolute Gasteiger partial charge is 0.389 e. The number of benzene rings is 1. The Morgan fingerprint density at radius 2 is 2.19 bits per heavy atom. The second-order valence-corrected chi connectivity index (χ2v) is 5.86. The van der Waals surface area contributed by atoms with Crippen LogP contribution in [0.15, 0.2) is 28.7 Å². The fourth-order valence-corrected chi connectivity index (χ4v) is 2.46. The number of rotatable bonds is 4. The maximum Gasteiger partial charge on any atom is 0.273 e. The molecule has 3 N–H and O–H groups in total. The average Bonchev–Trinajstić information content (AvgIpc) is 2.82. The van der Waals surface area contributed by atoms with Crippen molar-refractivity contribution in [2.75, 3.05) is 5.32 Å². The summed E-state index contributed by atoms with van der Waals surface area (Å²) in [5.74, 6) is -0.246. The SMILES string of the molecule is CCc1cc(C(=O)Nc2ccc(Br)cc2C(N)=S)n(C)n1. The van der Waals surface area contributed by atoms with Crippen molar-refractivity contribution < 1.29 is 4.79 Å². The zero-order valence-corrected chi connectivity index (χ0v) is 14.1. The molecule has 0 bridgehead atoms. The third-order valence-corrected chi connectivity index (χ3v) is 3.73. The second kappa shape index (κ2) is 6.36. The zero-order chi connectivity index (χ0) is 15.6. The molecule has 0 saturated carbocycles. The van der Waals surface area contributed by atoms with Gasteiger partial charge in [0.1, 0.15) is 10.7 Å². The lowest BCUT2D eigenvalue weighted by Gasteiger charge is -2.10. The Hall–Kier alpha value is -1.73. The van der Waals surface area contributed by atoms with E-state index >= 15 is 0 Å². The predicted molar refractivity (Wildman–Crippen MR) is 90.6 cm³/mol. The number of halogens is 1. The molecule has 1 heterocycles. The van der Waals surface area contributed by atoms with Crippen LogP contribution in [0.2, 0.25) is 0 Å². The molecule has 0 unspecified atom stereocenters. The smallest absolute Gasteiger partial charge is 0.273 e. The maximum absolute atomic E-state index is 12.4. The van der Waals surface area contributed by atoms with Gasteiger partial charge in [-0.1, -0.05) is 35.1 Å². The highest BCUT2D eigenvalue weighted by molar-refractivity contribution is 9.10. The Morgan fingerprint density at radius 3 is 2.76 bits per heavy atom. The van der Waals surface area contributed by atoms with Gasteiger partial charge < -0.3 is 11.1 Å². The molecule has 1 aromatic heterocycles. The Kier molecular flexibility index (Phi) is 4.74. The number of carbonyl (C=O) groups is 1. The van der Waals surface area contributed by atoms with Gasteiger partial charge in [-0.3, -0.25) is 9.48 Å². The minimum Gasteiger partial charge on any atom is -0.389 e. The van der Waals surface area contributed by atoms with Crippen molar-refractivity contribution in [3.8, 4) is 0 Å². The van der Waals surface area contributed by atoms with Crippen molar-refractivity contribution >= 4 is 44.7 Å². The molecule has 1 amide bonds. The molecule has 0 aliphatic carbocycles. The monoisotopic (exact) mass is 366 g/mol. The van der Waals surface area contributed by atoms with E-state index in [0.717, 1.165) is 16.6 Å². The lowest BCUT2D eigenvalue weighted by Crippen LogP contribution is -2.19. The Morgan fingerprint density at radius 1 is 1.48 bits per heavy atom. The van der Waals surface area contributed by atoms with E-state index in [4.69, 9.17) is 18.0 Å². The van der Waals surface area contributed by atoms with Crippen molar-refractivity contribution in [2.45, 2.75) is 13.3 Å². The summed E-state index contributed by atoms with van der Waals surface area (Å²) in [6.45, 7) is 1.99. The Balaban J connectivity index is 2.31. The highest BCUT2D eigenvalue weighted by Crippen LogP contribution is 2.22. The number of amides is 1. The number of anilines is 1. The summed E-state index contributed by atoms with van der Waals surface area (Å²) >= 11 is 8.37. The summed E-state index contributed by atoms with van der Waals surface area (Å²) in [5.41, 5.74) is 8.25. The third kappa shape index (κ3) is 3.48. The summed E-state index contributed by atoms with van der Waals surface area (Å²) < 4.78 is 2.41. The van der Waals surface area contributed by atoms with Crippen LogP contribution in [0.5, 0.6) is 0 Å². The highest BCUT2D eigenvalue weighted by atomic mass is 79.9. The van der Waals surface area contributed by atoms with E-state index in [1.165, 1.54) is 0 Å². The van der Waals surface area contributed by atoms with Crippen LogP contribution in [0.4, 0.5) is 5.69 Å². The Bertz CT molecular complexity index is 711. The standard InChI is InChI=1S/C14H15BrN4OS/c1-3-9-7-12(19(2)18-9)14(20)17-11-5-4-8(15)6-10(11)13(16)21/h4-7H,3H2,1-2H3,(H2,16,21)(H,17,20). The van der Waals surface area contributed by atoms with Gasteiger partial charge in [0.25, 0.3) is 5.91 Å². The minimum absolute atomic E-state index is 0.228. The molecule has 21 heavy (non-hydrogen) atoms. The van der Waals surface area contributed by atoms with Gasteiger partial charge in [0.2, 0.25) is 0 Å². The first-order valence-corrected chi connectivity index (χ1v) is 7.56. The van der Waals surface area contributed by atoms with E-state index in [2.05, 4.69) is 26.3 Å². The molecule has 0 spiro atoms. The summed E-state index contributed by atoms with van der Waals surface area (Å²) in [5, 5.41) is 7.09. The van der Waals surface area contributed by atoms with Gasteiger partial charge in [0.05, 0.1) is 11.4 Å². The molecule has 1 aromatic carbocycles. The average molecular weight is 367 g/mol. The first-order valence-electron chi connectivity index (χ1n) is 6.36. The van der Waals surface area contributed by atoms with Gasteiger partial charge in [-0.05, 0) is 30.7 Å². The van der Waals surface area contributed by atoms with Crippen molar-refractivity contribution in [3.63, 3.8) is 0 Å². The molecule has 2 rings (SSSR count). The number of hydrogen-bond donors (Lipinski definition) is 2. The summed E-state index contributed by atoms with van der Waals surface area (Å²) in [6, 6.07) is 7.12. The molecule has 5 nitrogen and oxygen atoms in total. The van der Waals surface area contributed by atoms with Crippen LogP contribution in [0, 0.1) is 0 Å². The van der Waals surface area contributed by atoms with Crippen molar-refractivity contribution in [1.29, 1.82) is 0 Å². The lowest BCUT2D eigenvalue weighted by atomic mass is 10.1. The third-order valence-electron chi connectivity index (χ3n) is 3.02. The van der Waals surface area contributed by atoms with Crippen LogP contribution in [0.3, 0.4) is 0 Å². The molecule has 2 aromatic rings. The van der Waals surface area contributed by atoms with Crippen LogP contribution >= 0.6 is 28.1 Å². The minimum atomic E-state index is -0.246. The molecular weight excluding hydrogens is 352 g/mol. The van der Waals surface area contributed by atoms with E-state index in [1.54, 1.807) is 29.9 Å². The first kappa shape index (κ1) is 15.7. The number of thiocarbonyl (C=S) groups is 1. The molecule has 0 aliphatic heterocycles. The fraction of sp³-hybridized carbons (Fsp3) is 0.214. The van der Waals surface area contributed by atoms with Gasteiger partial charge in [-0.2, -0.15) is 5.10 Å². The quantitative estimate of drug-likeness (QED) is 0.815. The molecule has 0 aliphatic rings. The van der Waals surface area contributed by atoms with Gasteiger partial charge in [-0.25, -0.2) is 0 Å². The number of aryl methyl sites for hydroxylation is 2. The summed E-state index contributed by atoms with van der Waals surface area (Å²) in [6.07, 6.45) is 0.775. The number of carbonyl (C=O) groups excluding carboxylic acids is 1. The molecule has 0 fully saturated rings. The topological polar surface area (TPSA) is 72.9 Å². The van der Waals surface area contributed by atoms with Gasteiger partial charge >= 0.3 is 0 Å². The molecule has 7 heteroatoms. The number of nitrogens with one attached hydrogen (secondary N) is 1. The normalized spacial score (nSPS) is 10.4. The van der Waals surface area contributed by atoms with Crippen LogP contribution in [0.25, 0.3) is 0 Å². The molecular formula is C14H15BrN4OS. The van der Waals surface area contributed by atoms with E-state index in [1.807, 2.05) is 13.0 Å². The molecule has 0 saturated heterocycles. The molecule has 0 radical (unpaired) electrons. The zero-order valence-electron chi connectivity index (χ0n) is 11.7. The Labute approximate surface area is 136 Å². The van der Waals surface area contributed by atoms with E-state index in [9.17, 15) is 4.79 Å². The van der Waals surface area contributed by atoms with Gasteiger partial charge in [0, 0.05) is 17.1 Å². The van der Waals surface area contributed by atoms with E-state index in [-0.39, 0.29) is 10.9 Å². The van der Waals surface area contributed by atoms with Crippen molar-refractivity contribution in [1.82, 2.24) is 9.78 Å². The number of hydrogen-bond acceptors (Lipinski definition) is 3.